The van der Waals surface area contributed by atoms with E-state index in [9.17, 15) is 4.39 Å². The van der Waals surface area contributed by atoms with Crippen molar-refractivity contribution < 1.29 is 4.39 Å². The zero-order chi connectivity index (χ0) is 13.7. The molecule has 1 atom stereocenters. The summed E-state index contributed by atoms with van der Waals surface area (Å²) in [5, 5.41) is 3.53. The molecule has 0 aliphatic carbocycles. The van der Waals surface area contributed by atoms with Crippen LogP contribution in [0.2, 0.25) is 0 Å². The van der Waals surface area contributed by atoms with Crippen molar-refractivity contribution in [3.63, 3.8) is 0 Å². The van der Waals surface area contributed by atoms with Gasteiger partial charge >= 0.3 is 0 Å². The molecule has 1 fully saturated rings. The molecule has 1 saturated heterocycles. The van der Waals surface area contributed by atoms with Gasteiger partial charge in [0.2, 0.25) is 0 Å². The predicted molar refractivity (Wildman–Crippen MR) is 81.0 cm³/mol. The number of benzene rings is 1. The molecule has 2 rings (SSSR count). The van der Waals surface area contributed by atoms with Crippen molar-refractivity contribution >= 4 is 11.8 Å². The lowest BCUT2D eigenvalue weighted by molar-refractivity contribution is 0.392. The van der Waals surface area contributed by atoms with Gasteiger partial charge in [0.1, 0.15) is 5.82 Å². The molecule has 4 heteroatoms. The molecule has 0 unspecified atom stereocenters. The second kappa shape index (κ2) is 7.27. The minimum atomic E-state index is -0.0916. The fraction of sp³-hybridized carbons (Fsp3) is 0.600. The van der Waals surface area contributed by atoms with Crippen LogP contribution in [0.5, 0.6) is 0 Å². The maximum absolute atomic E-state index is 13.9. The first-order valence-corrected chi connectivity index (χ1v) is 8.04. The average molecular weight is 282 g/mol. The van der Waals surface area contributed by atoms with E-state index in [1.165, 1.54) is 24.3 Å². The average Bonchev–Trinajstić information content (AvgIpc) is 2.40. The van der Waals surface area contributed by atoms with Crippen LogP contribution in [0.1, 0.15) is 24.0 Å². The number of hydrogen-bond donors (Lipinski definition) is 1. The second-order valence-corrected chi connectivity index (χ2v) is 6.61. The van der Waals surface area contributed by atoms with Gasteiger partial charge in [-0.2, -0.15) is 11.8 Å². The standard InChI is InChI=1S/C15H23FN2S/c1-18(2)10-13-6-5-12(8-15(13)16)9-17-14-4-3-7-19-11-14/h5-6,8,14,17H,3-4,7,9-11H2,1-2H3/t14-/m0/s1. The lowest BCUT2D eigenvalue weighted by Gasteiger charge is -2.22. The third-order valence-corrected chi connectivity index (χ3v) is 4.57. The van der Waals surface area contributed by atoms with Crippen molar-refractivity contribution in [2.75, 3.05) is 25.6 Å². The van der Waals surface area contributed by atoms with E-state index in [-0.39, 0.29) is 5.82 Å². The van der Waals surface area contributed by atoms with E-state index in [4.69, 9.17) is 0 Å². The molecule has 1 heterocycles. The Morgan fingerprint density at radius 1 is 1.42 bits per heavy atom. The quantitative estimate of drug-likeness (QED) is 0.894. The molecular formula is C15H23FN2S. The molecule has 1 aromatic carbocycles. The second-order valence-electron chi connectivity index (χ2n) is 5.46. The molecule has 0 saturated carbocycles. The minimum Gasteiger partial charge on any atom is -0.309 e. The van der Waals surface area contributed by atoms with Crippen LogP contribution >= 0.6 is 11.8 Å². The summed E-state index contributed by atoms with van der Waals surface area (Å²) in [6.07, 6.45) is 2.53. The third kappa shape index (κ3) is 4.79. The number of nitrogens with one attached hydrogen (secondary N) is 1. The highest BCUT2D eigenvalue weighted by molar-refractivity contribution is 7.99. The van der Waals surface area contributed by atoms with Gasteiger partial charge in [0, 0.05) is 30.4 Å². The Hall–Kier alpha value is -0.580. The topological polar surface area (TPSA) is 15.3 Å². The van der Waals surface area contributed by atoms with Gasteiger partial charge in [0.15, 0.2) is 0 Å². The van der Waals surface area contributed by atoms with E-state index in [0.717, 1.165) is 17.7 Å². The van der Waals surface area contributed by atoms with Crippen molar-refractivity contribution in [1.29, 1.82) is 0 Å². The lowest BCUT2D eigenvalue weighted by atomic mass is 10.1. The minimum absolute atomic E-state index is 0.0916. The molecule has 0 aromatic heterocycles. The van der Waals surface area contributed by atoms with Crippen molar-refractivity contribution in [1.82, 2.24) is 10.2 Å². The van der Waals surface area contributed by atoms with Gasteiger partial charge in [-0.15, -0.1) is 0 Å². The van der Waals surface area contributed by atoms with E-state index >= 15 is 0 Å². The summed E-state index contributed by atoms with van der Waals surface area (Å²) >= 11 is 2.01. The van der Waals surface area contributed by atoms with Crippen LogP contribution in [-0.2, 0) is 13.1 Å². The molecule has 2 nitrogen and oxygen atoms in total. The molecule has 0 bridgehead atoms. The van der Waals surface area contributed by atoms with Crippen molar-refractivity contribution in [2.45, 2.75) is 32.0 Å². The van der Waals surface area contributed by atoms with Gasteiger partial charge in [-0.1, -0.05) is 12.1 Å². The van der Waals surface area contributed by atoms with Crippen LogP contribution in [0.15, 0.2) is 18.2 Å². The summed E-state index contributed by atoms with van der Waals surface area (Å²) in [7, 11) is 3.91. The first-order valence-electron chi connectivity index (χ1n) is 6.88. The van der Waals surface area contributed by atoms with Crippen molar-refractivity contribution in [2.24, 2.45) is 0 Å². The van der Waals surface area contributed by atoms with Crippen molar-refractivity contribution in [3.8, 4) is 0 Å². The largest absolute Gasteiger partial charge is 0.309 e. The van der Waals surface area contributed by atoms with Gasteiger partial charge in [-0.05, 0) is 44.3 Å². The molecule has 19 heavy (non-hydrogen) atoms. The van der Waals surface area contributed by atoms with Crippen LogP contribution in [0, 0.1) is 5.82 Å². The Labute approximate surface area is 119 Å². The van der Waals surface area contributed by atoms with Crippen LogP contribution < -0.4 is 5.32 Å². The Morgan fingerprint density at radius 2 is 2.26 bits per heavy atom. The third-order valence-electron chi connectivity index (χ3n) is 3.36. The van der Waals surface area contributed by atoms with Crippen LogP contribution in [0.4, 0.5) is 4.39 Å². The van der Waals surface area contributed by atoms with E-state index in [2.05, 4.69) is 5.32 Å². The maximum atomic E-state index is 13.9. The smallest absolute Gasteiger partial charge is 0.128 e. The fourth-order valence-corrected chi connectivity index (χ4v) is 3.44. The van der Waals surface area contributed by atoms with E-state index < -0.39 is 0 Å². The van der Waals surface area contributed by atoms with Gasteiger partial charge in [-0.25, -0.2) is 4.39 Å². The SMILES string of the molecule is CN(C)Cc1ccc(CN[C@H]2CCCSC2)cc1F. The summed E-state index contributed by atoms with van der Waals surface area (Å²) in [6, 6.07) is 6.19. The first-order chi connectivity index (χ1) is 9.15. The Morgan fingerprint density at radius 3 is 2.89 bits per heavy atom. The summed E-state index contributed by atoms with van der Waals surface area (Å²) in [4.78, 5) is 1.98. The maximum Gasteiger partial charge on any atom is 0.128 e. The van der Waals surface area contributed by atoms with Gasteiger partial charge in [0.25, 0.3) is 0 Å². The zero-order valence-corrected chi connectivity index (χ0v) is 12.6. The van der Waals surface area contributed by atoms with E-state index in [0.29, 0.717) is 12.6 Å². The number of halogens is 1. The van der Waals surface area contributed by atoms with Gasteiger partial charge in [0.05, 0.1) is 0 Å². The number of rotatable bonds is 5. The van der Waals surface area contributed by atoms with Gasteiger partial charge in [-0.3, -0.25) is 0 Å². The normalized spacial score (nSPS) is 19.9. The first kappa shape index (κ1) is 14.8. The lowest BCUT2D eigenvalue weighted by Crippen LogP contribution is -2.33. The Bertz CT molecular complexity index is 403. The Balaban J connectivity index is 1.88. The number of nitrogens with zero attached hydrogens (tertiary/aromatic N) is 1. The fourth-order valence-electron chi connectivity index (χ4n) is 2.33. The van der Waals surface area contributed by atoms with Crippen LogP contribution in [-0.4, -0.2) is 36.5 Å². The molecule has 0 amide bonds. The van der Waals surface area contributed by atoms with Crippen molar-refractivity contribution in [3.05, 3.63) is 35.1 Å². The summed E-state index contributed by atoms with van der Waals surface area (Å²) in [5.41, 5.74) is 1.80. The number of hydrogen-bond acceptors (Lipinski definition) is 3. The highest BCUT2D eigenvalue weighted by Gasteiger charge is 2.13. The zero-order valence-electron chi connectivity index (χ0n) is 11.8. The summed E-state index contributed by atoms with van der Waals surface area (Å²) in [5.74, 6) is 2.37. The molecular weight excluding hydrogens is 259 g/mol. The van der Waals surface area contributed by atoms with Gasteiger partial charge < -0.3 is 10.2 Å². The molecule has 1 aliphatic heterocycles. The van der Waals surface area contributed by atoms with E-state index in [1.54, 1.807) is 6.07 Å². The predicted octanol–water partition coefficient (Wildman–Crippen LogP) is 2.87. The summed E-state index contributed by atoms with van der Waals surface area (Å²) in [6.45, 7) is 1.42. The molecule has 1 N–H and O–H groups in total. The molecule has 1 aliphatic rings. The van der Waals surface area contributed by atoms with Crippen LogP contribution in [0.25, 0.3) is 0 Å². The molecule has 106 valence electrons. The molecule has 0 radical (unpaired) electrons. The molecule has 1 aromatic rings. The van der Waals surface area contributed by atoms with E-state index in [1.807, 2.05) is 42.9 Å². The Kier molecular flexibility index (Phi) is 5.67. The monoisotopic (exact) mass is 282 g/mol. The van der Waals surface area contributed by atoms with Crippen LogP contribution in [0.3, 0.4) is 0 Å². The number of thioether (sulfide) groups is 1. The highest BCUT2D eigenvalue weighted by Crippen LogP contribution is 2.18. The summed E-state index contributed by atoms with van der Waals surface area (Å²) < 4.78 is 13.9. The molecule has 0 spiro atoms. The highest BCUT2D eigenvalue weighted by atomic mass is 32.2.